The Morgan fingerprint density at radius 2 is 2.03 bits per heavy atom. The second-order valence-electron chi connectivity index (χ2n) is 6.42. The number of nitrogens with one attached hydrogen (secondary N) is 1. The van der Waals surface area contributed by atoms with Crippen molar-refractivity contribution in [3.05, 3.63) is 46.9 Å². The number of anilines is 2. The highest BCUT2D eigenvalue weighted by Gasteiger charge is 2.20. The van der Waals surface area contributed by atoms with Crippen molar-refractivity contribution >= 4 is 51.1 Å². The first kappa shape index (κ1) is 20.7. The van der Waals surface area contributed by atoms with Gasteiger partial charge in [0.15, 0.2) is 0 Å². The van der Waals surface area contributed by atoms with Crippen molar-refractivity contribution in [2.45, 2.75) is 6.92 Å². The molecule has 0 atom stereocenters. The Labute approximate surface area is 174 Å². The molecule has 8 nitrogen and oxygen atoms in total. The molecule has 0 radical (unpaired) electrons. The SMILES string of the molecule is C=N/C(=N\c1c(-c2ccccc2N(C)S(C)(=O)=O)csc1C)Nc1cnn(C)c1. The molecule has 0 aliphatic heterocycles. The fraction of sp³-hybridized carbons (Fsp3) is 0.211. The highest BCUT2D eigenvalue weighted by Crippen LogP contribution is 2.42. The average molecular weight is 431 g/mol. The number of rotatable bonds is 5. The molecule has 1 aromatic carbocycles. The summed E-state index contributed by atoms with van der Waals surface area (Å²) < 4.78 is 27.1. The standard InChI is InChI=1S/C19H22N6O2S2/c1-13-18(23-19(20-2)22-14-10-21-24(3)11-14)16(12-28-13)15-8-6-7-9-17(15)25(4)29(5,26)27/h6-12H,2H2,1,3-5H3,(H,22,23). The molecular weight excluding hydrogens is 408 g/mol. The Morgan fingerprint density at radius 3 is 2.66 bits per heavy atom. The number of aromatic nitrogens is 2. The lowest BCUT2D eigenvalue weighted by Crippen LogP contribution is -2.25. The van der Waals surface area contributed by atoms with Gasteiger partial charge >= 0.3 is 0 Å². The topological polar surface area (TPSA) is 91.9 Å². The number of benzene rings is 1. The number of aryl methyl sites for hydroxylation is 2. The van der Waals surface area contributed by atoms with Crippen LogP contribution >= 0.6 is 11.3 Å². The van der Waals surface area contributed by atoms with Gasteiger partial charge in [-0.25, -0.2) is 18.4 Å². The Hall–Kier alpha value is -2.98. The van der Waals surface area contributed by atoms with Gasteiger partial charge in [-0.2, -0.15) is 5.10 Å². The van der Waals surface area contributed by atoms with Crippen LogP contribution in [0.1, 0.15) is 4.88 Å². The lowest BCUT2D eigenvalue weighted by molar-refractivity contribution is 0.600. The van der Waals surface area contributed by atoms with E-state index in [1.807, 2.05) is 37.6 Å². The van der Waals surface area contributed by atoms with Crippen LogP contribution in [0.15, 0.2) is 52.0 Å². The minimum atomic E-state index is -3.41. The lowest BCUT2D eigenvalue weighted by Gasteiger charge is -2.20. The number of para-hydroxylation sites is 1. The number of sulfonamides is 1. The van der Waals surface area contributed by atoms with Crippen LogP contribution in [0, 0.1) is 6.92 Å². The summed E-state index contributed by atoms with van der Waals surface area (Å²) in [6, 6.07) is 7.34. The van der Waals surface area contributed by atoms with Crippen molar-refractivity contribution in [1.29, 1.82) is 0 Å². The van der Waals surface area contributed by atoms with Gasteiger partial charge in [-0.1, -0.05) is 18.2 Å². The van der Waals surface area contributed by atoms with Gasteiger partial charge < -0.3 is 5.32 Å². The van der Waals surface area contributed by atoms with Crippen LogP contribution in [0.2, 0.25) is 0 Å². The van der Waals surface area contributed by atoms with E-state index in [-0.39, 0.29) is 0 Å². The first-order chi connectivity index (χ1) is 13.7. The third-order valence-corrected chi connectivity index (χ3v) is 6.39. The van der Waals surface area contributed by atoms with Gasteiger partial charge in [-0.05, 0) is 19.7 Å². The summed E-state index contributed by atoms with van der Waals surface area (Å²) in [4.78, 5) is 9.63. The van der Waals surface area contributed by atoms with Crippen molar-refractivity contribution in [3.8, 4) is 11.1 Å². The minimum Gasteiger partial charge on any atom is -0.321 e. The Kier molecular flexibility index (Phi) is 5.85. The predicted octanol–water partition coefficient (Wildman–Crippen LogP) is 3.65. The van der Waals surface area contributed by atoms with Crippen LogP contribution in [0.3, 0.4) is 0 Å². The average Bonchev–Trinajstić information content (AvgIpc) is 3.25. The van der Waals surface area contributed by atoms with E-state index in [0.29, 0.717) is 17.3 Å². The monoisotopic (exact) mass is 430 g/mol. The van der Waals surface area contributed by atoms with E-state index >= 15 is 0 Å². The summed E-state index contributed by atoms with van der Waals surface area (Å²) in [6.45, 7) is 5.56. The lowest BCUT2D eigenvalue weighted by atomic mass is 10.0. The van der Waals surface area contributed by atoms with Gasteiger partial charge in [0.25, 0.3) is 0 Å². The van der Waals surface area contributed by atoms with Gasteiger partial charge in [0.2, 0.25) is 16.0 Å². The predicted molar refractivity (Wildman–Crippen MR) is 121 cm³/mol. The molecule has 2 heterocycles. The van der Waals surface area contributed by atoms with Gasteiger partial charge in [0, 0.05) is 41.7 Å². The molecule has 0 aliphatic carbocycles. The van der Waals surface area contributed by atoms with Crippen molar-refractivity contribution in [3.63, 3.8) is 0 Å². The Balaban J connectivity index is 2.08. The molecule has 0 fully saturated rings. The van der Waals surface area contributed by atoms with Gasteiger partial charge in [-0.15, -0.1) is 11.3 Å². The second-order valence-corrected chi connectivity index (χ2v) is 9.52. The number of nitrogens with zero attached hydrogens (tertiary/aromatic N) is 5. The van der Waals surface area contributed by atoms with E-state index in [4.69, 9.17) is 0 Å². The maximum atomic E-state index is 12.1. The normalized spacial score (nSPS) is 12.1. The number of guanidine groups is 1. The Bertz CT molecular complexity index is 1180. The van der Waals surface area contributed by atoms with Crippen molar-refractivity contribution in [2.75, 3.05) is 22.9 Å². The number of aliphatic imine (C=N–C) groups is 2. The molecule has 3 rings (SSSR count). The van der Waals surface area contributed by atoms with Crippen molar-refractivity contribution in [1.82, 2.24) is 9.78 Å². The van der Waals surface area contributed by atoms with E-state index in [1.54, 1.807) is 23.1 Å². The first-order valence-corrected chi connectivity index (χ1v) is 11.4. The quantitative estimate of drug-likeness (QED) is 0.494. The molecule has 3 aromatic rings. The summed E-state index contributed by atoms with van der Waals surface area (Å²) in [5.74, 6) is 0.328. The fourth-order valence-electron chi connectivity index (χ4n) is 2.76. The molecule has 0 amide bonds. The zero-order chi connectivity index (χ0) is 21.2. The van der Waals surface area contributed by atoms with E-state index in [2.05, 4.69) is 27.1 Å². The van der Waals surface area contributed by atoms with Crippen LogP contribution in [-0.2, 0) is 17.1 Å². The highest BCUT2D eigenvalue weighted by atomic mass is 32.2. The molecule has 1 N–H and O–H groups in total. The molecule has 152 valence electrons. The summed E-state index contributed by atoms with van der Waals surface area (Å²) in [7, 11) is -0.0499. The molecule has 0 aliphatic rings. The molecule has 0 bridgehead atoms. The highest BCUT2D eigenvalue weighted by molar-refractivity contribution is 7.92. The number of hydrogen-bond acceptors (Lipinski definition) is 5. The fourth-order valence-corrected chi connectivity index (χ4v) is 4.07. The minimum absolute atomic E-state index is 0.328. The van der Waals surface area contributed by atoms with Crippen LogP contribution in [-0.4, -0.2) is 44.2 Å². The molecule has 29 heavy (non-hydrogen) atoms. The van der Waals surface area contributed by atoms with Gasteiger partial charge in [0.1, 0.15) is 0 Å². The first-order valence-electron chi connectivity index (χ1n) is 8.63. The smallest absolute Gasteiger partial charge is 0.232 e. The molecule has 0 saturated carbocycles. The Morgan fingerprint density at radius 1 is 1.31 bits per heavy atom. The maximum Gasteiger partial charge on any atom is 0.232 e. The molecular formula is C19H22N6O2S2. The van der Waals surface area contributed by atoms with E-state index in [1.165, 1.54) is 28.9 Å². The van der Waals surface area contributed by atoms with Crippen LogP contribution in [0.25, 0.3) is 11.1 Å². The third kappa shape index (κ3) is 4.54. The number of thiophene rings is 1. The molecule has 0 unspecified atom stereocenters. The number of hydrogen-bond donors (Lipinski definition) is 1. The van der Waals surface area contributed by atoms with Crippen molar-refractivity contribution in [2.24, 2.45) is 17.0 Å². The van der Waals surface area contributed by atoms with Gasteiger partial charge in [0.05, 0.1) is 29.5 Å². The second kappa shape index (κ2) is 8.18. The van der Waals surface area contributed by atoms with Crippen molar-refractivity contribution < 1.29 is 8.42 Å². The summed E-state index contributed by atoms with van der Waals surface area (Å²) in [6.07, 6.45) is 4.65. The van der Waals surface area contributed by atoms with E-state index < -0.39 is 10.0 Å². The summed E-state index contributed by atoms with van der Waals surface area (Å²) in [5.41, 5.74) is 3.63. The summed E-state index contributed by atoms with van der Waals surface area (Å²) in [5, 5.41) is 9.17. The molecule has 10 heteroatoms. The van der Waals surface area contributed by atoms with Crippen LogP contribution in [0.4, 0.5) is 17.1 Å². The third-order valence-electron chi connectivity index (χ3n) is 4.30. The molecule has 2 aromatic heterocycles. The van der Waals surface area contributed by atoms with Crippen LogP contribution < -0.4 is 9.62 Å². The largest absolute Gasteiger partial charge is 0.321 e. The zero-order valence-electron chi connectivity index (χ0n) is 16.6. The maximum absolute atomic E-state index is 12.1. The molecule has 0 saturated heterocycles. The molecule has 0 spiro atoms. The zero-order valence-corrected chi connectivity index (χ0v) is 18.3. The van der Waals surface area contributed by atoms with Gasteiger partial charge in [-0.3, -0.25) is 8.99 Å². The van der Waals surface area contributed by atoms with E-state index in [9.17, 15) is 8.42 Å². The van der Waals surface area contributed by atoms with Crippen LogP contribution in [0.5, 0.6) is 0 Å². The van der Waals surface area contributed by atoms with E-state index in [0.717, 1.165) is 21.7 Å². The summed E-state index contributed by atoms with van der Waals surface area (Å²) >= 11 is 1.54.